The summed E-state index contributed by atoms with van der Waals surface area (Å²) in [6.45, 7) is 6.07. The van der Waals surface area contributed by atoms with Gasteiger partial charge in [0.1, 0.15) is 5.60 Å². The number of nitrogens with one attached hydrogen (secondary N) is 1. The van der Waals surface area contributed by atoms with Crippen LogP contribution < -0.4 is 5.32 Å². The van der Waals surface area contributed by atoms with Crippen LogP contribution in [0.4, 0.5) is 0 Å². The van der Waals surface area contributed by atoms with Crippen molar-refractivity contribution in [1.82, 2.24) is 5.32 Å². The van der Waals surface area contributed by atoms with Crippen LogP contribution in [0.1, 0.15) is 39.5 Å². The van der Waals surface area contributed by atoms with E-state index in [1.54, 1.807) is 0 Å². The molecule has 0 saturated carbocycles. The molecule has 0 unspecified atom stereocenters. The lowest BCUT2D eigenvalue weighted by molar-refractivity contribution is -0.162. The van der Waals surface area contributed by atoms with Crippen molar-refractivity contribution in [2.75, 3.05) is 19.0 Å². The molecule has 1 saturated heterocycles. The van der Waals surface area contributed by atoms with Gasteiger partial charge in [-0.25, -0.2) is 0 Å². The van der Waals surface area contributed by atoms with Gasteiger partial charge in [0.25, 0.3) is 0 Å². The number of alkyl halides is 1. The van der Waals surface area contributed by atoms with E-state index in [9.17, 15) is 4.79 Å². The summed E-state index contributed by atoms with van der Waals surface area (Å²) in [4.78, 5) is 11.6. The second-order valence-electron chi connectivity index (χ2n) is 4.89. The van der Waals surface area contributed by atoms with Gasteiger partial charge in [-0.1, -0.05) is 0 Å². The van der Waals surface area contributed by atoms with E-state index in [-0.39, 0.29) is 11.6 Å². The van der Waals surface area contributed by atoms with Crippen LogP contribution in [0.3, 0.4) is 0 Å². The van der Waals surface area contributed by atoms with Gasteiger partial charge in [0.2, 0.25) is 0 Å². The number of ether oxygens (including phenoxy) is 1. The van der Waals surface area contributed by atoms with Gasteiger partial charge < -0.3 is 10.1 Å². The number of halogens is 1. The number of esters is 1. The number of carbonyl (C=O) groups is 1. The molecule has 3 nitrogen and oxygen atoms in total. The average molecular weight is 248 g/mol. The third-order valence-electron chi connectivity index (χ3n) is 3.21. The van der Waals surface area contributed by atoms with E-state index in [4.69, 9.17) is 16.3 Å². The lowest BCUT2D eigenvalue weighted by Crippen LogP contribution is -2.42. The molecule has 0 amide bonds. The maximum Gasteiger partial charge on any atom is 0.306 e. The summed E-state index contributed by atoms with van der Waals surface area (Å²) < 4.78 is 5.55. The van der Waals surface area contributed by atoms with Crippen LogP contribution in [-0.2, 0) is 9.53 Å². The molecule has 0 spiro atoms. The molecule has 0 aliphatic carbocycles. The van der Waals surface area contributed by atoms with Crippen LogP contribution >= 0.6 is 11.6 Å². The first-order valence-corrected chi connectivity index (χ1v) is 6.58. The van der Waals surface area contributed by atoms with Gasteiger partial charge in [0.15, 0.2) is 0 Å². The van der Waals surface area contributed by atoms with Crippen LogP contribution in [0.25, 0.3) is 0 Å². The largest absolute Gasteiger partial charge is 0.459 e. The molecule has 0 bridgehead atoms. The molecule has 0 aromatic heterocycles. The van der Waals surface area contributed by atoms with E-state index in [0.717, 1.165) is 25.9 Å². The standard InChI is InChI=1S/C12H22ClNO2/c1-12(2,10-5-8-14-9-6-10)16-11(15)4-3-7-13/h10,14H,3-9H2,1-2H3. The molecule has 0 aromatic carbocycles. The van der Waals surface area contributed by atoms with Gasteiger partial charge in [0.05, 0.1) is 0 Å². The highest BCUT2D eigenvalue weighted by Crippen LogP contribution is 2.29. The van der Waals surface area contributed by atoms with Gasteiger partial charge in [-0.2, -0.15) is 0 Å². The van der Waals surface area contributed by atoms with Crippen molar-refractivity contribution in [3.63, 3.8) is 0 Å². The molecule has 1 N–H and O–H groups in total. The Morgan fingerprint density at radius 3 is 2.62 bits per heavy atom. The van der Waals surface area contributed by atoms with Crippen LogP contribution in [-0.4, -0.2) is 30.5 Å². The minimum Gasteiger partial charge on any atom is -0.459 e. The van der Waals surface area contributed by atoms with Gasteiger partial charge in [0, 0.05) is 18.2 Å². The monoisotopic (exact) mass is 247 g/mol. The van der Waals surface area contributed by atoms with E-state index in [1.165, 1.54) is 0 Å². The number of hydrogen-bond acceptors (Lipinski definition) is 3. The summed E-state index contributed by atoms with van der Waals surface area (Å²) in [6, 6.07) is 0. The van der Waals surface area contributed by atoms with Crippen LogP contribution in [0.5, 0.6) is 0 Å². The van der Waals surface area contributed by atoms with Gasteiger partial charge in [-0.3, -0.25) is 4.79 Å². The molecule has 1 aliphatic rings. The van der Waals surface area contributed by atoms with Crippen molar-refractivity contribution < 1.29 is 9.53 Å². The predicted octanol–water partition coefficient (Wildman–Crippen LogP) is 2.33. The molecule has 1 rings (SSSR count). The van der Waals surface area contributed by atoms with E-state index in [1.807, 2.05) is 13.8 Å². The van der Waals surface area contributed by atoms with Gasteiger partial charge in [-0.15, -0.1) is 11.6 Å². The molecule has 1 heterocycles. The molecule has 0 radical (unpaired) electrons. The highest BCUT2D eigenvalue weighted by Gasteiger charge is 2.33. The fourth-order valence-electron chi connectivity index (χ4n) is 2.16. The second kappa shape index (κ2) is 6.45. The smallest absolute Gasteiger partial charge is 0.306 e. The fourth-order valence-corrected chi connectivity index (χ4v) is 2.29. The topological polar surface area (TPSA) is 38.3 Å². The van der Waals surface area contributed by atoms with Crippen LogP contribution in [0.2, 0.25) is 0 Å². The van der Waals surface area contributed by atoms with E-state index in [2.05, 4.69) is 5.32 Å². The van der Waals surface area contributed by atoms with Crippen LogP contribution in [0, 0.1) is 5.92 Å². The van der Waals surface area contributed by atoms with Crippen molar-refractivity contribution in [2.45, 2.75) is 45.1 Å². The quantitative estimate of drug-likeness (QED) is 0.599. The first-order chi connectivity index (χ1) is 7.56. The SMILES string of the molecule is CC(C)(OC(=O)CCCCl)C1CCNCC1. The Hall–Kier alpha value is -0.280. The molecule has 1 aliphatic heterocycles. The Balaban J connectivity index is 2.39. The zero-order chi connectivity index (χ0) is 12.0. The summed E-state index contributed by atoms with van der Waals surface area (Å²) >= 11 is 5.55. The highest BCUT2D eigenvalue weighted by molar-refractivity contribution is 6.17. The zero-order valence-electron chi connectivity index (χ0n) is 10.2. The molecule has 1 fully saturated rings. The third-order valence-corrected chi connectivity index (χ3v) is 3.48. The molecule has 0 aromatic rings. The maximum absolute atomic E-state index is 11.6. The second-order valence-corrected chi connectivity index (χ2v) is 5.27. The average Bonchev–Trinajstić information content (AvgIpc) is 2.27. The van der Waals surface area contributed by atoms with Crippen molar-refractivity contribution in [3.05, 3.63) is 0 Å². The van der Waals surface area contributed by atoms with Gasteiger partial charge >= 0.3 is 5.97 Å². The Morgan fingerprint density at radius 2 is 2.06 bits per heavy atom. The third kappa shape index (κ3) is 4.30. The zero-order valence-corrected chi connectivity index (χ0v) is 11.0. The van der Waals surface area contributed by atoms with E-state index < -0.39 is 0 Å². The number of carbonyl (C=O) groups excluding carboxylic acids is 1. The van der Waals surface area contributed by atoms with E-state index in [0.29, 0.717) is 24.6 Å². The van der Waals surface area contributed by atoms with Gasteiger partial charge in [-0.05, 0) is 46.2 Å². The molecular formula is C12H22ClNO2. The van der Waals surface area contributed by atoms with Crippen molar-refractivity contribution in [2.24, 2.45) is 5.92 Å². The molecule has 0 atom stereocenters. The summed E-state index contributed by atoms with van der Waals surface area (Å²) in [7, 11) is 0. The number of hydrogen-bond donors (Lipinski definition) is 1. The minimum atomic E-state index is -0.342. The first-order valence-electron chi connectivity index (χ1n) is 6.05. The maximum atomic E-state index is 11.6. The minimum absolute atomic E-state index is 0.121. The lowest BCUT2D eigenvalue weighted by Gasteiger charge is -2.36. The van der Waals surface area contributed by atoms with E-state index >= 15 is 0 Å². The number of piperidine rings is 1. The molecule has 94 valence electrons. The normalized spacial score (nSPS) is 18.4. The Bertz CT molecular complexity index is 225. The Labute approximate surface area is 103 Å². The first kappa shape index (κ1) is 13.8. The Kier molecular flexibility index (Phi) is 5.56. The predicted molar refractivity (Wildman–Crippen MR) is 65.7 cm³/mol. The fraction of sp³-hybridized carbons (Fsp3) is 0.917. The van der Waals surface area contributed by atoms with Crippen molar-refractivity contribution >= 4 is 17.6 Å². The van der Waals surface area contributed by atoms with Crippen molar-refractivity contribution in [3.8, 4) is 0 Å². The molecular weight excluding hydrogens is 226 g/mol. The highest BCUT2D eigenvalue weighted by atomic mass is 35.5. The van der Waals surface area contributed by atoms with Crippen LogP contribution in [0.15, 0.2) is 0 Å². The summed E-state index contributed by atoms with van der Waals surface area (Å²) in [5, 5.41) is 3.32. The number of rotatable bonds is 5. The molecule has 16 heavy (non-hydrogen) atoms. The summed E-state index contributed by atoms with van der Waals surface area (Å²) in [6.07, 6.45) is 3.28. The van der Waals surface area contributed by atoms with Crippen molar-refractivity contribution in [1.29, 1.82) is 0 Å². The summed E-state index contributed by atoms with van der Waals surface area (Å²) in [5.74, 6) is 0.862. The lowest BCUT2D eigenvalue weighted by atomic mass is 9.83. The summed E-state index contributed by atoms with van der Waals surface area (Å²) in [5.41, 5.74) is -0.342. The Morgan fingerprint density at radius 1 is 1.44 bits per heavy atom. The molecule has 4 heteroatoms.